The summed E-state index contributed by atoms with van der Waals surface area (Å²) >= 11 is 5.21. The number of nitrogens with zero attached hydrogens (tertiary/aromatic N) is 1. The van der Waals surface area contributed by atoms with Gasteiger partial charge in [-0.25, -0.2) is 0 Å². The molecule has 0 radical (unpaired) electrons. The number of hydrogen-bond donors (Lipinski definition) is 2. The van der Waals surface area contributed by atoms with Gasteiger partial charge in [-0.05, 0) is 49.3 Å². The number of benzene rings is 1. The molecule has 1 aliphatic heterocycles. The summed E-state index contributed by atoms with van der Waals surface area (Å²) in [5.41, 5.74) is 5.80. The molecule has 22 heavy (non-hydrogen) atoms. The molecule has 0 aromatic heterocycles. The molecule has 0 aliphatic carbocycles. The minimum atomic E-state index is -4.73. The van der Waals surface area contributed by atoms with Crippen molar-refractivity contribution in [3.63, 3.8) is 0 Å². The van der Waals surface area contributed by atoms with Crippen molar-refractivity contribution in [3.05, 3.63) is 24.3 Å². The number of ether oxygens (including phenoxy) is 1. The third-order valence-electron chi connectivity index (χ3n) is 3.18. The van der Waals surface area contributed by atoms with Crippen molar-refractivity contribution in [3.8, 4) is 5.75 Å². The van der Waals surface area contributed by atoms with Crippen LogP contribution in [0.3, 0.4) is 0 Å². The Morgan fingerprint density at radius 2 is 2.00 bits per heavy atom. The molecule has 1 aromatic carbocycles. The number of carbonyl (C=O) groups excluding carboxylic acids is 1. The van der Waals surface area contributed by atoms with Crippen molar-refractivity contribution < 1.29 is 22.7 Å². The van der Waals surface area contributed by atoms with Gasteiger partial charge in [-0.15, -0.1) is 13.2 Å². The summed E-state index contributed by atoms with van der Waals surface area (Å²) < 4.78 is 40.0. The number of hydrogen-bond acceptors (Lipinski definition) is 3. The van der Waals surface area contributed by atoms with Crippen molar-refractivity contribution in [1.82, 2.24) is 4.90 Å². The molecule has 0 saturated carbocycles. The normalized spacial score (nSPS) is 18.1. The number of anilines is 1. The molecule has 1 heterocycles. The lowest BCUT2D eigenvalue weighted by atomic mass is 10.2. The maximum atomic E-state index is 12.1. The first-order chi connectivity index (χ1) is 10.3. The Morgan fingerprint density at radius 3 is 2.55 bits per heavy atom. The van der Waals surface area contributed by atoms with Gasteiger partial charge in [0.25, 0.3) is 0 Å². The molecule has 9 heteroatoms. The third kappa shape index (κ3) is 4.23. The van der Waals surface area contributed by atoms with Crippen LogP contribution in [-0.2, 0) is 4.79 Å². The number of nitrogens with one attached hydrogen (secondary N) is 1. The van der Waals surface area contributed by atoms with E-state index in [4.69, 9.17) is 18.0 Å². The molecular formula is C13H14F3N3O2S. The Kier molecular flexibility index (Phi) is 4.74. The fraction of sp³-hybridized carbons (Fsp3) is 0.385. The fourth-order valence-electron chi connectivity index (χ4n) is 2.24. The first-order valence-corrected chi connectivity index (χ1v) is 6.90. The van der Waals surface area contributed by atoms with Crippen molar-refractivity contribution in [2.75, 3.05) is 11.9 Å². The lowest BCUT2D eigenvalue weighted by Crippen LogP contribution is -2.45. The molecule has 120 valence electrons. The Hall–Kier alpha value is -2.03. The van der Waals surface area contributed by atoms with Gasteiger partial charge in [-0.3, -0.25) is 4.79 Å². The Morgan fingerprint density at radius 1 is 1.36 bits per heavy atom. The van der Waals surface area contributed by atoms with E-state index in [2.05, 4.69) is 10.1 Å². The highest BCUT2D eigenvalue weighted by Gasteiger charge is 2.32. The summed E-state index contributed by atoms with van der Waals surface area (Å²) in [5.74, 6) is -0.768. The van der Waals surface area contributed by atoms with Crippen LogP contribution in [0.25, 0.3) is 0 Å². The molecule has 1 amide bonds. The number of amides is 1. The smallest absolute Gasteiger partial charge is 0.406 e. The molecule has 1 aliphatic rings. The molecule has 0 bridgehead atoms. The zero-order valence-electron chi connectivity index (χ0n) is 11.4. The topological polar surface area (TPSA) is 67.6 Å². The summed E-state index contributed by atoms with van der Waals surface area (Å²) in [4.78, 5) is 13.0. The number of nitrogens with two attached hydrogens (primary N) is 1. The fourth-order valence-corrected chi connectivity index (χ4v) is 2.58. The van der Waals surface area contributed by atoms with E-state index < -0.39 is 18.3 Å². The molecule has 1 aromatic rings. The van der Waals surface area contributed by atoms with Gasteiger partial charge < -0.3 is 20.7 Å². The van der Waals surface area contributed by atoms with E-state index in [1.54, 1.807) is 4.90 Å². The lowest BCUT2D eigenvalue weighted by molar-refractivity contribution is -0.274. The van der Waals surface area contributed by atoms with Crippen LogP contribution in [0, 0.1) is 0 Å². The van der Waals surface area contributed by atoms with Gasteiger partial charge in [0.05, 0.1) is 0 Å². The van der Waals surface area contributed by atoms with Crippen LogP contribution in [0.2, 0.25) is 0 Å². The van der Waals surface area contributed by atoms with Crippen LogP contribution >= 0.6 is 12.2 Å². The quantitative estimate of drug-likeness (QED) is 0.831. The van der Waals surface area contributed by atoms with Crippen LogP contribution in [0.1, 0.15) is 12.8 Å². The van der Waals surface area contributed by atoms with Crippen LogP contribution in [0.4, 0.5) is 18.9 Å². The molecule has 3 N–H and O–H groups in total. The van der Waals surface area contributed by atoms with Crippen LogP contribution < -0.4 is 15.8 Å². The van der Waals surface area contributed by atoms with Crippen molar-refractivity contribution >= 4 is 28.9 Å². The van der Waals surface area contributed by atoms with E-state index in [1.165, 1.54) is 24.3 Å². The summed E-state index contributed by atoms with van der Waals surface area (Å²) in [6, 6.07) is 4.71. The van der Waals surface area contributed by atoms with Crippen LogP contribution in [-0.4, -0.2) is 34.9 Å². The van der Waals surface area contributed by atoms with Crippen LogP contribution in [0.15, 0.2) is 24.3 Å². The number of thiocarbonyl (C=S) groups is 1. The zero-order valence-corrected chi connectivity index (χ0v) is 12.2. The molecule has 5 nitrogen and oxygen atoms in total. The van der Waals surface area contributed by atoms with E-state index in [-0.39, 0.29) is 5.75 Å². The number of alkyl halides is 3. The lowest BCUT2D eigenvalue weighted by Gasteiger charge is -2.25. The molecular weight excluding hydrogens is 319 g/mol. The van der Waals surface area contributed by atoms with Gasteiger partial charge >= 0.3 is 6.36 Å². The van der Waals surface area contributed by atoms with E-state index in [0.29, 0.717) is 23.8 Å². The second-order valence-electron chi connectivity index (χ2n) is 4.76. The third-order valence-corrected chi connectivity index (χ3v) is 3.52. The average Bonchev–Trinajstić information content (AvgIpc) is 2.89. The minimum absolute atomic E-state index is 0.311. The van der Waals surface area contributed by atoms with Crippen molar-refractivity contribution in [1.29, 1.82) is 0 Å². The maximum absolute atomic E-state index is 12.1. The van der Waals surface area contributed by atoms with Crippen molar-refractivity contribution in [2.24, 2.45) is 5.73 Å². The van der Waals surface area contributed by atoms with E-state index >= 15 is 0 Å². The first kappa shape index (κ1) is 16.3. The van der Waals surface area contributed by atoms with Gasteiger partial charge in [-0.2, -0.15) is 0 Å². The Bertz CT molecular complexity index is 563. The molecule has 0 unspecified atom stereocenters. The highest BCUT2D eigenvalue weighted by Crippen LogP contribution is 2.24. The van der Waals surface area contributed by atoms with E-state index in [1.807, 2.05) is 0 Å². The molecule has 1 saturated heterocycles. The average molecular weight is 333 g/mol. The van der Waals surface area contributed by atoms with Gasteiger partial charge in [0, 0.05) is 12.2 Å². The summed E-state index contributed by atoms with van der Waals surface area (Å²) in [6.07, 6.45) is -3.29. The Balaban J connectivity index is 1.98. The largest absolute Gasteiger partial charge is 0.573 e. The minimum Gasteiger partial charge on any atom is -0.406 e. The number of halogens is 3. The first-order valence-electron chi connectivity index (χ1n) is 6.49. The van der Waals surface area contributed by atoms with Gasteiger partial charge in [0.2, 0.25) is 5.91 Å². The SMILES string of the molecule is NC(=O)[C@H]1CCCN1C(=S)Nc1ccc(OC(F)(F)F)cc1. The highest BCUT2D eigenvalue weighted by atomic mass is 32.1. The van der Waals surface area contributed by atoms with E-state index in [9.17, 15) is 18.0 Å². The predicted octanol–water partition coefficient (Wildman–Crippen LogP) is 2.23. The number of likely N-dealkylation sites (tertiary alicyclic amines) is 1. The summed E-state index contributed by atoms with van der Waals surface area (Å²) in [5, 5.41) is 3.18. The standard InChI is InChI=1S/C13H14F3N3O2S/c14-13(15,16)21-9-5-3-8(4-6-9)18-12(22)19-7-1-2-10(19)11(17)20/h3-6,10H,1-2,7H2,(H2,17,20)(H,18,22)/t10-/m1/s1. The van der Waals surface area contributed by atoms with Crippen LogP contribution in [0.5, 0.6) is 5.75 Å². The summed E-state index contributed by atoms with van der Waals surface area (Å²) in [6.45, 7) is 0.606. The predicted molar refractivity (Wildman–Crippen MR) is 78.3 cm³/mol. The van der Waals surface area contributed by atoms with E-state index in [0.717, 1.165) is 6.42 Å². The number of rotatable bonds is 3. The van der Waals surface area contributed by atoms with Gasteiger partial charge in [-0.1, -0.05) is 0 Å². The molecule has 2 rings (SSSR count). The second kappa shape index (κ2) is 6.39. The van der Waals surface area contributed by atoms with Gasteiger partial charge in [0.15, 0.2) is 5.11 Å². The van der Waals surface area contributed by atoms with Crippen molar-refractivity contribution in [2.45, 2.75) is 25.2 Å². The molecule has 1 atom stereocenters. The maximum Gasteiger partial charge on any atom is 0.573 e. The van der Waals surface area contributed by atoms with Gasteiger partial charge in [0.1, 0.15) is 11.8 Å². The number of carbonyl (C=O) groups is 1. The zero-order chi connectivity index (χ0) is 16.3. The second-order valence-corrected chi connectivity index (χ2v) is 5.14. The monoisotopic (exact) mass is 333 g/mol. The molecule has 0 spiro atoms. The molecule has 1 fully saturated rings. The highest BCUT2D eigenvalue weighted by molar-refractivity contribution is 7.80. The summed E-state index contributed by atoms with van der Waals surface area (Å²) in [7, 11) is 0. The Labute approximate surface area is 130 Å². The number of primary amides is 1.